The van der Waals surface area contributed by atoms with Gasteiger partial charge in [-0.05, 0) is 121 Å². The Kier molecular flexibility index (Phi) is 20.5. The lowest BCUT2D eigenvalue weighted by Crippen LogP contribution is -2.07. The van der Waals surface area contributed by atoms with Crippen LogP contribution in [0.3, 0.4) is 0 Å². The van der Waals surface area contributed by atoms with Crippen molar-refractivity contribution >= 4 is 131 Å². The Labute approximate surface area is 825 Å². The molecule has 0 bridgehead atoms. The Balaban J connectivity index is 0.000000108. The van der Waals surface area contributed by atoms with Crippen LogP contribution in [-0.4, -0.2) is 77.2 Å². The summed E-state index contributed by atoms with van der Waals surface area (Å²) in [6.07, 6.45) is 3.85. The first-order valence-corrected chi connectivity index (χ1v) is 48.2. The Morgan fingerprint density at radius 3 is 0.556 bits per heavy atom. The van der Waals surface area contributed by atoms with Gasteiger partial charge < -0.3 is 22.8 Å². The Bertz CT molecular complexity index is 9400. The molecule has 29 aromatic rings. The molecular weight excluding hydrogens is 1760 g/mol. The number of hydrogen-bond donors (Lipinski definition) is 0. The predicted molar refractivity (Wildman–Crippen MR) is 587 cm³/mol. The molecule has 0 atom stereocenters. The SMILES string of the molecule is c1ccc(-c2nc(-c3ccccc3)nc(-c3ccc(-n4c5ccccc5c5ccc6c7ccccc7n(-c7ccccc7)c6c54)cc3)n2)cc1.c1ccc(-c2nc(-c3ccccc3)nc(-c3ccc(-n4c5ccncc5c5ccc6c7ccccc7n(-c7ccccc7)c6c54)cc3)n2)cc1.c1ccc(-c2nc(-c3ccccc3)nc(-n3c4ccccc4c4ccc5c6ccccc6n(-c6ccccc6)c5c43)n2)cc1. The average molecular weight is 1840 g/mol. The number of rotatable bonds is 14. The summed E-state index contributed by atoms with van der Waals surface area (Å²) >= 11 is 0. The molecule has 16 nitrogen and oxygen atoms in total. The first kappa shape index (κ1) is 83.5. The van der Waals surface area contributed by atoms with Crippen molar-refractivity contribution in [3.05, 3.63) is 498 Å². The number of nitrogens with zero attached hydrogens (tertiary/aromatic N) is 16. The maximum Gasteiger partial charge on any atom is 0.238 e. The molecule has 10 heterocycles. The van der Waals surface area contributed by atoms with Gasteiger partial charge in [-0.3, -0.25) is 9.55 Å². The number of fused-ring (bicyclic) bond motifs is 21. The van der Waals surface area contributed by atoms with Gasteiger partial charge >= 0.3 is 0 Å². The molecule has 0 fully saturated rings. The van der Waals surface area contributed by atoms with E-state index >= 15 is 0 Å². The minimum absolute atomic E-state index is 0.585. The van der Waals surface area contributed by atoms with Crippen molar-refractivity contribution in [2.75, 3.05) is 0 Å². The lowest BCUT2D eigenvalue weighted by atomic mass is 10.1. The summed E-state index contributed by atoms with van der Waals surface area (Å²) < 4.78 is 14.2. The van der Waals surface area contributed by atoms with Gasteiger partial charge in [-0.2, -0.15) is 9.97 Å². The summed E-state index contributed by atoms with van der Waals surface area (Å²) in [6, 6.07) is 169. The summed E-state index contributed by atoms with van der Waals surface area (Å²) in [5, 5.41) is 14.3. The highest BCUT2D eigenvalue weighted by Crippen LogP contribution is 2.47. The molecule has 0 amide bonds. The van der Waals surface area contributed by atoms with Crippen LogP contribution in [0.1, 0.15) is 0 Å². The Morgan fingerprint density at radius 2 is 0.306 bits per heavy atom. The lowest BCUT2D eigenvalue weighted by Gasteiger charge is -2.13. The molecule has 0 radical (unpaired) electrons. The summed E-state index contributed by atoms with van der Waals surface area (Å²) in [5.74, 6) is 5.71. The van der Waals surface area contributed by atoms with Gasteiger partial charge in [0.2, 0.25) is 5.95 Å². The zero-order valence-electron chi connectivity index (χ0n) is 77.5. The summed E-state index contributed by atoms with van der Waals surface area (Å²) in [5.41, 5.74) is 26.6. The summed E-state index contributed by atoms with van der Waals surface area (Å²) in [6.45, 7) is 0. The lowest BCUT2D eigenvalue weighted by molar-refractivity contribution is 0.953. The fourth-order valence-corrected chi connectivity index (χ4v) is 21.0. The minimum atomic E-state index is 0.585. The van der Waals surface area contributed by atoms with E-state index in [1.165, 1.54) is 65.2 Å². The summed E-state index contributed by atoms with van der Waals surface area (Å²) in [7, 11) is 0. The van der Waals surface area contributed by atoms with E-state index in [9.17, 15) is 0 Å². The smallest absolute Gasteiger partial charge is 0.238 e. The third kappa shape index (κ3) is 14.4. The van der Waals surface area contributed by atoms with E-state index in [0.717, 1.165) is 139 Å². The highest BCUT2D eigenvalue weighted by molar-refractivity contribution is 6.27. The number of hydrogen-bond acceptors (Lipinski definition) is 10. The number of para-hydroxylation sites is 8. The van der Waals surface area contributed by atoms with Crippen molar-refractivity contribution in [2.45, 2.75) is 0 Å². The third-order valence-electron chi connectivity index (χ3n) is 27.4. The van der Waals surface area contributed by atoms with Crippen LogP contribution in [0.4, 0.5) is 0 Å². The Morgan fingerprint density at radius 1 is 0.125 bits per heavy atom. The van der Waals surface area contributed by atoms with Crippen LogP contribution in [0.25, 0.3) is 256 Å². The molecule has 144 heavy (non-hydrogen) atoms. The van der Waals surface area contributed by atoms with Crippen molar-refractivity contribution in [2.24, 2.45) is 0 Å². The second kappa shape index (κ2) is 35.3. The van der Waals surface area contributed by atoms with Gasteiger partial charge in [0.05, 0.1) is 66.2 Å². The Hall–Kier alpha value is -19.8. The van der Waals surface area contributed by atoms with Crippen molar-refractivity contribution in [3.63, 3.8) is 0 Å². The van der Waals surface area contributed by atoms with Crippen LogP contribution in [-0.2, 0) is 0 Å². The van der Waals surface area contributed by atoms with Gasteiger partial charge in [0.15, 0.2) is 46.6 Å². The maximum absolute atomic E-state index is 5.17. The fraction of sp³-hybridized carbons (Fsp3) is 0. The van der Waals surface area contributed by atoms with Crippen LogP contribution in [0.15, 0.2) is 498 Å². The zero-order chi connectivity index (χ0) is 95.1. The van der Waals surface area contributed by atoms with Crippen LogP contribution in [0.5, 0.6) is 0 Å². The van der Waals surface area contributed by atoms with Crippen molar-refractivity contribution in [3.8, 4) is 125 Å². The van der Waals surface area contributed by atoms with Crippen molar-refractivity contribution in [1.29, 1.82) is 0 Å². The molecule has 0 aliphatic heterocycles. The first-order chi connectivity index (χ1) is 71.5. The third-order valence-corrected chi connectivity index (χ3v) is 27.4. The van der Waals surface area contributed by atoms with Gasteiger partial charge in [-0.15, -0.1) is 0 Å². The second-order valence-corrected chi connectivity index (χ2v) is 35.8. The minimum Gasteiger partial charge on any atom is -0.307 e. The van der Waals surface area contributed by atoms with E-state index in [1.807, 2.05) is 194 Å². The molecule has 0 saturated heterocycles. The van der Waals surface area contributed by atoms with E-state index in [2.05, 4.69) is 336 Å². The topological polar surface area (TPSA) is 158 Å². The van der Waals surface area contributed by atoms with E-state index in [0.29, 0.717) is 52.5 Å². The van der Waals surface area contributed by atoms with Crippen molar-refractivity contribution in [1.82, 2.24) is 77.2 Å². The molecule has 0 aliphatic rings. The van der Waals surface area contributed by atoms with E-state index in [1.54, 1.807) is 0 Å². The molecule has 0 unspecified atom stereocenters. The van der Waals surface area contributed by atoms with Crippen LogP contribution in [0, 0.1) is 0 Å². The molecule has 29 rings (SSSR count). The molecule has 674 valence electrons. The fourth-order valence-electron chi connectivity index (χ4n) is 21.0. The van der Waals surface area contributed by atoms with Gasteiger partial charge in [-0.25, -0.2) is 34.9 Å². The van der Waals surface area contributed by atoms with Gasteiger partial charge in [0.1, 0.15) is 0 Å². The maximum atomic E-state index is 5.17. The van der Waals surface area contributed by atoms with Gasteiger partial charge in [-0.1, -0.05) is 364 Å². The molecule has 0 spiro atoms. The van der Waals surface area contributed by atoms with Crippen LogP contribution < -0.4 is 0 Å². The van der Waals surface area contributed by atoms with E-state index in [-0.39, 0.29) is 0 Å². The molecule has 16 heteroatoms. The highest BCUT2D eigenvalue weighted by Gasteiger charge is 2.29. The molecule has 10 aromatic heterocycles. The first-order valence-electron chi connectivity index (χ1n) is 48.2. The standard InChI is InChI=1S/C45H29N5.C44H28N6.C39H25N5/c1-4-14-30(15-5-1)43-46-44(31-16-6-2-7-17-31)48-45(47-43)32-24-26-34(27-25-32)50-40-23-13-11-21-36(40)38-29-28-37-35-20-10-12-22-39(35)49(41(37)42(38)50)33-18-8-3-9-19-33;1-4-12-29(13-5-1)42-46-43(30-14-6-2-7-15-30)48-44(47-42)31-20-22-33(23-21-31)50-39-26-27-45-28-37(39)36-25-24-35-34-18-10-11-19-38(34)49(40(35)41(36)50)32-16-8-3-9-17-32;1-4-14-26(15-5-1)37-40-38(27-16-6-2-7-17-27)42-39(41-37)44-34-23-13-11-21-30(34)32-25-24-31-29-20-10-12-22-33(29)43(35(31)36(32)44)28-18-8-3-9-19-28/h1-29H;1-28H;1-25H. The van der Waals surface area contributed by atoms with Gasteiger partial charge in [0, 0.05) is 150 Å². The highest BCUT2D eigenvalue weighted by atomic mass is 15.2. The number of pyridine rings is 1. The van der Waals surface area contributed by atoms with Crippen molar-refractivity contribution < 1.29 is 0 Å². The quantitative estimate of drug-likeness (QED) is 0.103. The second-order valence-electron chi connectivity index (χ2n) is 35.8. The molecule has 0 saturated carbocycles. The average Bonchev–Trinajstić information content (AvgIpc) is 1.55. The largest absolute Gasteiger partial charge is 0.307 e. The normalized spacial score (nSPS) is 11.6. The van der Waals surface area contributed by atoms with Crippen LogP contribution in [0.2, 0.25) is 0 Å². The molecular formula is C128H82N16. The van der Waals surface area contributed by atoms with E-state index in [4.69, 9.17) is 44.9 Å². The summed E-state index contributed by atoms with van der Waals surface area (Å²) in [4.78, 5) is 49.5. The monoisotopic (exact) mass is 1840 g/mol. The molecule has 0 N–H and O–H groups in total. The zero-order valence-corrected chi connectivity index (χ0v) is 77.5. The molecule has 0 aliphatic carbocycles. The predicted octanol–water partition coefficient (Wildman–Crippen LogP) is 30.9. The van der Waals surface area contributed by atoms with E-state index < -0.39 is 0 Å². The molecule has 19 aromatic carbocycles. The van der Waals surface area contributed by atoms with Gasteiger partial charge in [0.25, 0.3) is 0 Å². The number of aromatic nitrogens is 16. The van der Waals surface area contributed by atoms with Crippen LogP contribution >= 0.6 is 0 Å². The number of benzene rings is 19.